The Morgan fingerprint density at radius 2 is 1.57 bits per heavy atom. The first-order chi connectivity index (χ1) is 6.50. The molecule has 0 saturated heterocycles. The van der Waals surface area contributed by atoms with Crippen LogP contribution in [-0.4, -0.2) is 13.5 Å². The molecular formula is C12H20BN. The van der Waals surface area contributed by atoms with E-state index in [1.54, 1.807) is 0 Å². The van der Waals surface area contributed by atoms with Gasteiger partial charge in [0.2, 0.25) is 7.41 Å². The van der Waals surface area contributed by atoms with Gasteiger partial charge in [-0.1, -0.05) is 48.1 Å². The second kappa shape index (κ2) is 4.65. The van der Waals surface area contributed by atoms with Gasteiger partial charge < -0.3 is 5.23 Å². The van der Waals surface area contributed by atoms with Gasteiger partial charge in [0.25, 0.3) is 0 Å². The summed E-state index contributed by atoms with van der Waals surface area (Å²) in [6.07, 6.45) is 0. The van der Waals surface area contributed by atoms with Crippen molar-refractivity contribution in [3.8, 4) is 0 Å². The van der Waals surface area contributed by atoms with Gasteiger partial charge in [-0.3, -0.25) is 0 Å². The molecule has 0 fully saturated rings. The van der Waals surface area contributed by atoms with Crippen molar-refractivity contribution in [3.63, 3.8) is 0 Å². The summed E-state index contributed by atoms with van der Waals surface area (Å²) in [6, 6.07) is 5.06. The molecule has 0 aliphatic rings. The molecule has 0 atom stereocenters. The average Bonchev–Trinajstić information content (AvgIpc) is 2.01. The number of hydrogen-bond acceptors (Lipinski definition) is 1. The van der Waals surface area contributed by atoms with Crippen molar-refractivity contribution in [2.45, 2.75) is 40.7 Å². The lowest BCUT2D eigenvalue weighted by Crippen LogP contribution is -2.38. The fraction of sp³-hybridized carbons (Fsp3) is 0.500. The normalized spacial score (nSPS) is 10.7. The standard InChI is InChI=1S/C12H20BN/c1-8(2)14-13-12-10(4)6-9(3)7-11(12)5/h6-8,13-14H,1-5H3. The molecule has 0 saturated carbocycles. The molecule has 0 unspecified atom stereocenters. The lowest BCUT2D eigenvalue weighted by molar-refractivity contribution is 0.756. The molecule has 0 aliphatic carbocycles. The van der Waals surface area contributed by atoms with Crippen LogP contribution in [0.3, 0.4) is 0 Å². The molecule has 0 aromatic heterocycles. The number of rotatable bonds is 3. The van der Waals surface area contributed by atoms with E-state index in [0.717, 1.165) is 7.41 Å². The molecule has 0 amide bonds. The quantitative estimate of drug-likeness (QED) is 0.712. The molecule has 1 aromatic rings. The highest BCUT2D eigenvalue weighted by Crippen LogP contribution is 2.04. The third-order valence-corrected chi connectivity index (χ3v) is 2.53. The Morgan fingerprint density at radius 1 is 1.07 bits per heavy atom. The fourth-order valence-corrected chi connectivity index (χ4v) is 1.79. The van der Waals surface area contributed by atoms with Crippen LogP contribution >= 0.6 is 0 Å². The Bertz CT molecular complexity index is 295. The van der Waals surface area contributed by atoms with Gasteiger partial charge in [-0.05, 0) is 26.8 Å². The summed E-state index contributed by atoms with van der Waals surface area (Å²) < 4.78 is 0. The molecule has 1 nitrogen and oxygen atoms in total. The third kappa shape index (κ3) is 2.88. The molecule has 0 spiro atoms. The molecule has 0 bridgehead atoms. The minimum Gasteiger partial charge on any atom is -0.353 e. The van der Waals surface area contributed by atoms with E-state index in [9.17, 15) is 0 Å². The average molecular weight is 189 g/mol. The predicted molar refractivity (Wildman–Crippen MR) is 65.7 cm³/mol. The van der Waals surface area contributed by atoms with Gasteiger partial charge in [0.1, 0.15) is 0 Å². The van der Waals surface area contributed by atoms with E-state index in [1.165, 1.54) is 22.2 Å². The van der Waals surface area contributed by atoms with Crippen LogP contribution in [0.25, 0.3) is 0 Å². The zero-order valence-electron chi connectivity index (χ0n) is 9.94. The molecule has 0 heterocycles. The number of benzene rings is 1. The lowest BCUT2D eigenvalue weighted by Gasteiger charge is -2.12. The second-order valence-corrected chi connectivity index (χ2v) is 4.41. The summed E-state index contributed by atoms with van der Waals surface area (Å²) in [5, 5.41) is 3.46. The smallest absolute Gasteiger partial charge is 0.236 e. The van der Waals surface area contributed by atoms with E-state index < -0.39 is 0 Å². The number of hydrogen-bond donors (Lipinski definition) is 1. The molecule has 14 heavy (non-hydrogen) atoms. The van der Waals surface area contributed by atoms with Crippen LogP contribution in [-0.2, 0) is 0 Å². The van der Waals surface area contributed by atoms with Crippen LogP contribution in [0.2, 0.25) is 0 Å². The molecule has 1 aromatic carbocycles. The first-order valence-electron chi connectivity index (χ1n) is 5.31. The number of aryl methyl sites for hydroxylation is 3. The van der Waals surface area contributed by atoms with Gasteiger partial charge in [-0.15, -0.1) is 0 Å². The molecule has 0 aliphatic heterocycles. The Balaban J connectivity index is 2.86. The van der Waals surface area contributed by atoms with Crippen LogP contribution in [0.5, 0.6) is 0 Å². The summed E-state index contributed by atoms with van der Waals surface area (Å²) in [5.74, 6) is 0. The second-order valence-electron chi connectivity index (χ2n) is 4.41. The predicted octanol–water partition coefficient (Wildman–Crippen LogP) is 1.59. The zero-order chi connectivity index (χ0) is 10.7. The highest BCUT2D eigenvalue weighted by molar-refractivity contribution is 6.52. The lowest BCUT2D eigenvalue weighted by atomic mass is 9.75. The summed E-state index contributed by atoms with van der Waals surface area (Å²) in [4.78, 5) is 0. The monoisotopic (exact) mass is 189 g/mol. The summed E-state index contributed by atoms with van der Waals surface area (Å²) in [7, 11) is 0.982. The Morgan fingerprint density at radius 3 is 2.00 bits per heavy atom. The highest BCUT2D eigenvalue weighted by atomic mass is 14.8. The summed E-state index contributed by atoms with van der Waals surface area (Å²) in [6.45, 7) is 10.9. The van der Waals surface area contributed by atoms with Crippen molar-refractivity contribution in [1.82, 2.24) is 5.23 Å². The van der Waals surface area contributed by atoms with Crippen molar-refractivity contribution in [2.24, 2.45) is 0 Å². The van der Waals surface area contributed by atoms with Crippen LogP contribution < -0.4 is 10.7 Å². The van der Waals surface area contributed by atoms with Gasteiger partial charge in [-0.25, -0.2) is 0 Å². The summed E-state index contributed by atoms with van der Waals surface area (Å²) >= 11 is 0. The van der Waals surface area contributed by atoms with E-state index in [2.05, 4.69) is 52.0 Å². The maximum atomic E-state index is 3.46. The van der Waals surface area contributed by atoms with Crippen LogP contribution in [0, 0.1) is 20.8 Å². The molecule has 2 heteroatoms. The highest BCUT2D eigenvalue weighted by Gasteiger charge is 2.05. The molecule has 0 radical (unpaired) electrons. The molecule has 1 N–H and O–H groups in total. The zero-order valence-corrected chi connectivity index (χ0v) is 9.94. The van der Waals surface area contributed by atoms with Gasteiger partial charge in [-0.2, -0.15) is 0 Å². The SMILES string of the molecule is Cc1cc(C)c(BNC(C)C)c(C)c1. The maximum Gasteiger partial charge on any atom is 0.236 e. The maximum absolute atomic E-state index is 3.46. The Labute approximate surface area is 88.2 Å². The minimum atomic E-state index is 0.551. The Kier molecular flexibility index (Phi) is 3.76. The van der Waals surface area contributed by atoms with Crippen molar-refractivity contribution in [3.05, 3.63) is 28.8 Å². The van der Waals surface area contributed by atoms with Crippen LogP contribution in [0.1, 0.15) is 30.5 Å². The van der Waals surface area contributed by atoms with Crippen LogP contribution in [0.4, 0.5) is 0 Å². The van der Waals surface area contributed by atoms with E-state index in [1.807, 2.05) is 0 Å². The molecule has 1 rings (SSSR count). The van der Waals surface area contributed by atoms with Crippen LogP contribution in [0.15, 0.2) is 12.1 Å². The van der Waals surface area contributed by atoms with Crippen molar-refractivity contribution in [1.29, 1.82) is 0 Å². The largest absolute Gasteiger partial charge is 0.353 e. The minimum absolute atomic E-state index is 0.551. The first kappa shape index (κ1) is 11.3. The van der Waals surface area contributed by atoms with E-state index in [4.69, 9.17) is 0 Å². The van der Waals surface area contributed by atoms with E-state index in [0.29, 0.717) is 6.04 Å². The summed E-state index contributed by atoms with van der Waals surface area (Å²) in [5.41, 5.74) is 5.60. The number of nitrogens with one attached hydrogen (secondary N) is 1. The van der Waals surface area contributed by atoms with E-state index in [-0.39, 0.29) is 0 Å². The fourth-order valence-electron chi connectivity index (χ4n) is 1.79. The van der Waals surface area contributed by atoms with Gasteiger partial charge in [0.15, 0.2) is 0 Å². The first-order valence-corrected chi connectivity index (χ1v) is 5.31. The van der Waals surface area contributed by atoms with Crippen molar-refractivity contribution < 1.29 is 0 Å². The van der Waals surface area contributed by atoms with E-state index >= 15 is 0 Å². The van der Waals surface area contributed by atoms with Crippen molar-refractivity contribution in [2.75, 3.05) is 0 Å². The molecule has 76 valence electrons. The van der Waals surface area contributed by atoms with Gasteiger partial charge in [0.05, 0.1) is 0 Å². The topological polar surface area (TPSA) is 12.0 Å². The van der Waals surface area contributed by atoms with Gasteiger partial charge in [0, 0.05) is 0 Å². The third-order valence-electron chi connectivity index (χ3n) is 2.53. The van der Waals surface area contributed by atoms with Gasteiger partial charge >= 0.3 is 0 Å². The van der Waals surface area contributed by atoms with Crippen molar-refractivity contribution >= 4 is 12.9 Å². The molecular weight excluding hydrogens is 169 g/mol. The Hall–Kier alpha value is -0.755.